The van der Waals surface area contributed by atoms with Gasteiger partial charge in [0.15, 0.2) is 5.16 Å². The Kier molecular flexibility index (Phi) is 2.55. The van der Waals surface area contributed by atoms with Gasteiger partial charge in [-0.2, -0.15) is 0 Å². The van der Waals surface area contributed by atoms with Crippen LogP contribution in [0.15, 0.2) is 28.8 Å². The molecule has 0 aliphatic heterocycles. The number of thioether (sulfide) groups is 1. The van der Waals surface area contributed by atoms with E-state index in [1.807, 2.05) is 6.07 Å². The smallest absolute Gasteiger partial charge is 0.188 e. The fourth-order valence-electron chi connectivity index (χ4n) is 2.79. The maximum Gasteiger partial charge on any atom is 0.188 e. The number of hydrogen-bond acceptors (Lipinski definition) is 5. The summed E-state index contributed by atoms with van der Waals surface area (Å²) in [5, 5.41) is 13.6. The van der Waals surface area contributed by atoms with Crippen molar-refractivity contribution >= 4 is 17.5 Å². The Balaban J connectivity index is 1.80. The van der Waals surface area contributed by atoms with Crippen LogP contribution in [0.1, 0.15) is 19.3 Å². The summed E-state index contributed by atoms with van der Waals surface area (Å²) in [6, 6.07) is 1.81. The van der Waals surface area contributed by atoms with Crippen molar-refractivity contribution in [3.8, 4) is 0 Å². The van der Waals surface area contributed by atoms with Crippen LogP contribution in [-0.4, -0.2) is 26.1 Å². The third kappa shape index (κ3) is 1.59. The molecule has 1 N–H and O–H groups in total. The lowest BCUT2D eigenvalue weighted by molar-refractivity contribution is 0.314. The first-order chi connectivity index (χ1) is 7.88. The Labute approximate surface area is 98.2 Å². The van der Waals surface area contributed by atoms with Crippen LogP contribution >= 0.6 is 11.8 Å². The number of nitrogens with zero attached hydrogens (tertiary/aromatic N) is 3. The fraction of sp³-hybridized carbons (Fsp3) is 0.545. The highest BCUT2D eigenvalue weighted by Gasteiger charge is 2.46. The van der Waals surface area contributed by atoms with Gasteiger partial charge in [-0.1, -0.05) is 16.9 Å². The molecule has 2 bridgehead atoms. The molecule has 0 radical (unpaired) electrons. The predicted octanol–water partition coefficient (Wildman–Crippen LogP) is 2.20. The molecular formula is C11H13N3OS. The lowest BCUT2D eigenvalue weighted by Crippen LogP contribution is -2.25. The minimum Gasteiger partial charge on any atom is -0.411 e. The minimum absolute atomic E-state index is 0.283. The summed E-state index contributed by atoms with van der Waals surface area (Å²) in [6.07, 6.45) is 7.09. The van der Waals surface area contributed by atoms with Crippen LogP contribution in [0, 0.1) is 11.8 Å². The van der Waals surface area contributed by atoms with Crippen molar-refractivity contribution in [2.75, 3.05) is 0 Å². The molecule has 4 nitrogen and oxygen atoms in total. The zero-order chi connectivity index (χ0) is 11.0. The summed E-state index contributed by atoms with van der Waals surface area (Å²) in [4.78, 5) is 8.42. The van der Waals surface area contributed by atoms with Gasteiger partial charge >= 0.3 is 0 Å². The summed E-state index contributed by atoms with van der Waals surface area (Å²) in [6.45, 7) is 0. The van der Waals surface area contributed by atoms with Crippen molar-refractivity contribution in [2.45, 2.75) is 29.7 Å². The van der Waals surface area contributed by atoms with E-state index in [4.69, 9.17) is 5.21 Å². The minimum atomic E-state index is 0.283. The summed E-state index contributed by atoms with van der Waals surface area (Å²) >= 11 is 1.63. The molecule has 1 aromatic heterocycles. The van der Waals surface area contributed by atoms with E-state index in [1.54, 1.807) is 24.2 Å². The van der Waals surface area contributed by atoms with Gasteiger partial charge in [-0.3, -0.25) is 0 Å². The zero-order valence-electron chi connectivity index (χ0n) is 8.78. The third-order valence-electron chi connectivity index (χ3n) is 3.50. The van der Waals surface area contributed by atoms with Gasteiger partial charge in [-0.15, -0.1) is 0 Å². The molecule has 3 rings (SSSR count). The molecule has 2 aliphatic rings. The van der Waals surface area contributed by atoms with Crippen molar-refractivity contribution in [1.29, 1.82) is 0 Å². The molecule has 1 heterocycles. The summed E-state index contributed by atoms with van der Waals surface area (Å²) < 4.78 is 0. The number of fused-ring (bicyclic) bond motifs is 2. The molecule has 84 valence electrons. The van der Waals surface area contributed by atoms with E-state index in [9.17, 15) is 0 Å². The van der Waals surface area contributed by atoms with E-state index in [1.165, 1.54) is 19.3 Å². The zero-order valence-corrected chi connectivity index (χ0v) is 9.60. The van der Waals surface area contributed by atoms with E-state index in [0.717, 1.165) is 10.9 Å². The highest BCUT2D eigenvalue weighted by molar-refractivity contribution is 8.00. The molecule has 16 heavy (non-hydrogen) atoms. The second kappa shape index (κ2) is 4.05. The number of hydrogen-bond donors (Lipinski definition) is 1. The average molecular weight is 235 g/mol. The average Bonchev–Trinajstić information content (AvgIpc) is 2.91. The Morgan fingerprint density at radius 1 is 1.31 bits per heavy atom. The highest BCUT2D eigenvalue weighted by atomic mass is 32.2. The van der Waals surface area contributed by atoms with Crippen LogP contribution in [0.5, 0.6) is 0 Å². The van der Waals surface area contributed by atoms with Crippen LogP contribution in [0.2, 0.25) is 0 Å². The third-order valence-corrected chi connectivity index (χ3v) is 4.80. The van der Waals surface area contributed by atoms with Crippen molar-refractivity contribution in [3.63, 3.8) is 0 Å². The van der Waals surface area contributed by atoms with Crippen molar-refractivity contribution in [2.24, 2.45) is 17.0 Å². The highest BCUT2D eigenvalue weighted by Crippen LogP contribution is 2.48. The van der Waals surface area contributed by atoms with Crippen LogP contribution < -0.4 is 0 Å². The van der Waals surface area contributed by atoms with Gasteiger partial charge < -0.3 is 5.21 Å². The monoisotopic (exact) mass is 235 g/mol. The lowest BCUT2D eigenvalue weighted by atomic mass is 9.98. The lowest BCUT2D eigenvalue weighted by Gasteiger charge is -2.20. The largest absolute Gasteiger partial charge is 0.411 e. The van der Waals surface area contributed by atoms with Crippen molar-refractivity contribution < 1.29 is 5.21 Å². The van der Waals surface area contributed by atoms with Gasteiger partial charge in [0.05, 0.1) is 11.0 Å². The fourth-order valence-corrected chi connectivity index (χ4v) is 4.06. The van der Waals surface area contributed by atoms with Crippen LogP contribution in [-0.2, 0) is 0 Å². The van der Waals surface area contributed by atoms with Crippen LogP contribution in [0.25, 0.3) is 0 Å². The second-order valence-electron chi connectivity index (χ2n) is 4.36. The Morgan fingerprint density at radius 3 is 2.88 bits per heavy atom. The Morgan fingerprint density at radius 2 is 2.12 bits per heavy atom. The molecule has 0 aromatic carbocycles. The second-order valence-corrected chi connectivity index (χ2v) is 5.47. The number of oxime groups is 1. The molecule has 3 atom stereocenters. The molecule has 0 spiro atoms. The van der Waals surface area contributed by atoms with Gasteiger partial charge in [0.1, 0.15) is 0 Å². The van der Waals surface area contributed by atoms with Gasteiger partial charge in [0, 0.05) is 18.3 Å². The summed E-state index contributed by atoms with van der Waals surface area (Å²) in [5.74, 6) is 1.14. The standard InChI is InChI=1S/C11H13N3OS/c15-14-9-7-2-3-8(6-7)10(9)16-11-12-4-1-5-13-11/h1,4-5,7-8,10,15H,2-3,6H2/b14-9+/t7-,8+,10+/m0/s1. The van der Waals surface area contributed by atoms with E-state index >= 15 is 0 Å². The van der Waals surface area contributed by atoms with Gasteiger partial charge in [0.25, 0.3) is 0 Å². The molecule has 2 fully saturated rings. The molecular weight excluding hydrogens is 222 g/mol. The van der Waals surface area contributed by atoms with Crippen molar-refractivity contribution in [3.05, 3.63) is 18.5 Å². The Bertz CT molecular complexity index is 409. The molecule has 2 aliphatic carbocycles. The van der Waals surface area contributed by atoms with Crippen LogP contribution in [0.4, 0.5) is 0 Å². The number of rotatable bonds is 2. The van der Waals surface area contributed by atoms with E-state index in [2.05, 4.69) is 15.1 Å². The summed E-state index contributed by atoms with van der Waals surface area (Å²) in [7, 11) is 0. The molecule has 5 heteroatoms. The number of aromatic nitrogens is 2. The predicted molar refractivity (Wildman–Crippen MR) is 61.7 cm³/mol. The SMILES string of the molecule is O/N=C1\[C@H]2CC[C@H](C2)[C@H]1Sc1ncccn1. The first-order valence-electron chi connectivity index (χ1n) is 5.54. The Hall–Kier alpha value is -1.10. The molecule has 0 unspecified atom stereocenters. The van der Waals surface area contributed by atoms with E-state index in [0.29, 0.717) is 11.8 Å². The first kappa shape index (κ1) is 10.1. The van der Waals surface area contributed by atoms with E-state index in [-0.39, 0.29) is 5.25 Å². The van der Waals surface area contributed by atoms with Gasteiger partial charge in [0.2, 0.25) is 0 Å². The summed E-state index contributed by atoms with van der Waals surface area (Å²) in [5.41, 5.74) is 0.953. The first-order valence-corrected chi connectivity index (χ1v) is 6.42. The van der Waals surface area contributed by atoms with Crippen molar-refractivity contribution in [1.82, 2.24) is 9.97 Å². The molecule has 1 aromatic rings. The van der Waals surface area contributed by atoms with Crippen LogP contribution in [0.3, 0.4) is 0 Å². The van der Waals surface area contributed by atoms with E-state index < -0.39 is 0 Å². The molecule has 0 amide bonds. The normalized spacial score (nSPS) is 34.8. The molecule has 2 saturated carbocycles. The maximum absolute atomic E-state index is 9.07. The topological polar surface area (TPSA) is 58.4 Å². The quantitative estimate of drug-likeness (QED) is 0.485. The van der Waals surface area contributed by atoms with Gasteiger partial charge in [-0.05, 0) is 31.2 Å². The van der Waals surface area contributed by atoms with Gasteiger partial charge in [-0.25, -0.2) is 9.97 Å². The molecule has 0 saturated heterocycles. The maximum atomic E-state index is 9.07.